The molecule has 0 atom stereocenters. The van der Waals surface area contributed by atoms with Gasteiger partial charge in [-0.2, -0.15) is 0 Å². The molecule has 1 aromatic rings. The number of aliphatic hydroxyl groups is 1. The van der Waals surface area contributed by atoms with Crippen molar-refractivity contribution in [3.8, 4) is 0 Å². The van der Waals surface area contributed by atoms with Crippen molar-refractivity contribution in [2.75, 3.05) is 6.54 Å². The summed E-state index contributed by atoms with van der Waals surface area (Å²) in [6.45, 7) is 6.38. The maximum Gasteiger partial charge on any atom is 0.240 e. The number of aryl methyl sites for hydroxylation is 1. The Morgan fingerprint density at radius 3 is 2.55 bits per heavy atom. The number of hydrogen-bond donors (Lipinski definition) is 2. The number of nitrogens with one attached hydrogen (secondary N) is 1. The van der Waals surface area contributed by atoms with Gasteiger partial charge in [-0.05, 0) is 36.5 Å². The van der Waals surface area contributed by atoms with Gasteiger partial charge in [0.15, 0.2) is 0 Å². The largest absolute Gasteiger partial charge is 0.392 e. The van der Waals surface area contributed by atoms with Crippen LogP contribution < -0.4 is 4.72 Å². The fraction of sp³-hybridized carbons (Fsp3) is 0.600. The lowest BCUT2D eigenvalue weighted by Gasteiger charge is -2.11. The van der Waals surface area contributed by atoms with Crippen molar-refractivity contribution in [3.63, 3.8) is 0 Å². The van der Waals surface area contributed by atoms with Crippen molar-refractivity contribution in [3.05, 3.63) is 29.3 Å². The Hall–Kier alpha value is -0.910. The zero-order chi connectivity index (χ0) is 15.2. The highest BCUT2D eigenvalue weighted by Gasteiger charge is 2.16. The van der Waals surface area contributed by atoms with Crippen LogP contribution in [0.5, 0.6) is 0 Å². The van der Waals surface area contributed by atoms with Gasteiger partial charge in [-0.15, -0.1) is 0 Å². The third-order valence-corrected chi connectivity index (χ3v) is 4.83. The molecule has 0 saturated carbocycles. The van der Waals surface area contributed by atoms with E-state index in [0.717, 1.165) is 19.3 Å². The molecule has 4 nitrogen and oxygen atoms in total. The molecule has 0 aliphatic carbocycles. The lowest BCUT2D eigenvalue weighted by Crippen LogP contribution is -2.25. The number of hydrogen-bond acceptors (Lipinski definition) is 3. The fourth-order valence-corrected chi connectivity index (χ4v) is 3.36. The van der Waals surface area contributed by atoms with Crippen molar-refractivity contribution in [1.82, 2.24) is 4.72 Å². The number of benzene rings is 1. The summed E-state index contributed by atoms with van der Waals surface area (Å²) >= 11 is 0. The maximum absolute atomic E-state index is 12.2. The Bertz CT molecular complexity index is 524. The first-order valence-corrected chi connectivity index (χ1v) is 8.55. The zero-order valence-electron chi connectivity index (χ0n) is 12.5. The van der Waals surface area contributed by atoms with E-state index in [2.05, 4.69) is 18.6 Å². The Morgan fingerprint density at radius 1 is 1.25 bits per heavy atom. The summed E-state index contributed by atoms with van der Waals surface area (Å²) in [4.78, 5) is 0.257. The summed E-state index contributed by atoms with van der Waals surface area (Å²) in [6, 6.07) is 4.99. The highest BCUT2D eigenvalue weighted by Crippen LogP contribution is 2.17. The van der Waals surface area contributed by atoms with E-state index in [4.69, 9.17) is 5.11 Å². The molecule has 0 bridgehead atoms. The molecule has 5 heteroatoms. The van der Waals surface area contributed by atoms with Crippen LogP contribution in [0.25, 0.3) is 0 Å². The van der Waals surface area contributed by atoms with Gasteiger partial charge in [-0.3, -0.25) is 0 Å². The van der Waals surface area contributed by atoms with Crippen LogP contribution in [0.4, 0.5) is 0 Å². The van der Waals surface area contributed by atoms with Crippen LogP contribution in [0.2, 0.25) is 0 Å². The molecule has 0 aliphatic heterocycles. The second-order valence-electron chi connectivity index (χ2n) is 5.55. The smallest absolute Gasteiger partial charge is 0.240 e. The van der Waals surface area contributed by atoms with Gasteiger partial charge in [0.1, 0.15) is 0 Å². The third-order valence-electron chi connectivity index (χ3n) is 3.22. The molecule has 114 valence electrons. The van der Waals surface area contributed by atoms with E-state index in [1.807, 2.05) is 0 Å². The standard InChI is InChI=1S/C15H25NO3S/c1-12(2)6-4-5-9-16-20(18,19)15-10-14(11-17)8-7-13(15)3/h7-8,10,12,16-17H,4-6,9,11H2,1-3H3. The molecular formula is C15H25NO3S. The normalized spacial score (nSPS) is 12.1. The summed E-state index contributed by atoms with van der Waals surface area (Å²) in [5.41, 5.74) is 1.30. The molecule has 1 aromatic carbocycles. The predicted octanol–water partition coefficient (Wildman–Crippen LogP) is 2.59. The quantitative estimate of drug-likeness (QED) is 0.725. The second kappa shape index (κ2) is 7.76. The molecule has 0 aliphatic rings. The van der Waals surface area contributed by atoms with Crippen LogP contribution in [0.3, 0.4) is 0 Å². The number of rotatable bonds is 8. The van der Waals surface area contributed by atoms with Crippen molar-refractivity contribution < 1.29 is 13.5 Å². The van der Waals surface area contributed by atoms with E-state index in [1.165, 1.54) is 6.07 Å². The average Bonchev–Trinajstić information content (AvgIpc) is 2.38. The zero-order valence-corrected chi connectivity index (χ0v) is 13.3. The molecule has 0 heterocycles. The van der Waals surface area contributed by atoms with Gasteiger partial charge in [0.05, 0.1) is 11.5 Å². The lowest BCUT2D eigenvalue weighted by atomic mass is 10.1. The average molecular weight is 299 g/mol. The van der Waals surface area contributed by atoms with Gasteiger partial charge in [0, 0.05) is 6.54 Å². The minimum atomic E-state index is -3.49. The van der Waals surface area contributed by atoms with E-state index < -0.39 is 10.0 Å². The van der Waals surface area contributed by atoms with Crippen LogP contribution in [0.15, 0.2) is 23.1 Å². The first-order chi connectivity index (χ1) is 9.36. The monoisotopic (exact) mass is 299 g/mol. The molecule has 1 rings (SSSR count). The fourth-order valence-electron chi connectivity index (χ4n) is 1.99. The molecule has 0 spiro atoms. The van der Waals surface area contributed by atoms with Crippen LogP contribution in [0.1, 0.15) is 44.2 Å². The predicted molar refractivity (Wildman–Crippen MR) is 81.0 cm³/mol. The summed E-state index contributed by atoms with van der Waals surface area (Å²) in [7, 11) is -3.49. The van der Waals surface area contributed by atoms with Gasteiger partial charge in [-0.1, -0.05) is 38.8 Å². The van der Waals surface area contributed by atoms with E-state index in [-0.39, 0.29) is 11.5 Å². The van der Waals surface area contributed by atoms with E-state index >= 15 is 0 Å². The van der Waals surface area contributed by atoms with Crippen LogP contribution in [0, 0.1) is 12.8 Å². The summed E-state index contributed by atoms with van der Waals surface area (Å²) in [5, 5.41) is 9.10. The first-order valence-electron chi connectivity index (χ1n) is 7.07. The number of unbranched alkanes of at least 4 members (excludes halogenated alkanes) is 1. The molecular weight excluding hydrogens is 274 g/mol. The molecule has 20 heavy (non-hydrogen) atoms. The molecule has 0 fully saturated rings. The van der Waals surface area contributed by atoms with Crippen molar-refractivity contribution in [2.24, 2.45) is 5.92 Å². The van der Waals surface area contributed by atoms with Crippen LogP contribution in [-0.2, 0) is 16.6 Å². The second-order valence-corrected chi connectivity index (χ2v) is 7.28. The molecule has 0 saturated heterocycles. The van der Waals surface area contributed by atoms with Crippen molar-refractivity contribution in [1.29, 1.82) is 0 Å². The number of sulfonamides is 1. The topological polar surface area (TPSA) is 66.4 Å². The Balaban J connectivity index is 2.64. The van der Waals surface area contributed by atoms with E-state index in [0.29, 0.717) is 23.6 Å². The van der Waals surface area contributed by atoms with Gasteiger partial charge >= 0.3 is 0 Å². The Morgan fingerprint density at radius 2 is 1.95 bits per heavy atom. The summed E-state index contributed by atoms with van der Waals surface area (Å²) < 4.78 is 27.1. The van der Waals surface area contributed by atoms with Gasteiger partial charge in [0.2, 0.25) is 10.0 Å². The van der Waals surface area contributed by atoms with Gasteiger partial charge in [0.25, 0.3) is 0 Å². The summed E-state index contributed by atoms with van der Waals surface area (Å²) in [6.07, 6.45) is 2.98. The minimum absolute atomic E-state index is 0.156. The van der Waals surface area contributed by atoms with Gasteiger partial charge < -0.3 is 5.11 Å². The molecule has 0 aromatic heterocycles. The highest BCUT2D eigenvalue weighted by molar-refractivity contribution is 7.89. The minimum Gasteiger partial charge on any atom is -0.392 e. The van der Waals surface area contributed by atoms with Crippen LogP contribution >= 0.6 is 0 Å². The number of aliphatic hydroxyl groups excluding tert-OH is 1. The SMILES string of the molecule is Cc1ccc(CO)cc1S(=O)(=O)NCCCCC(C)C. The third kappa shape index (κ3) is 5.23. The van der Waals surface area contributed by atoms with Crippen molar-refractivity contribution in [2.45, 2.75) is 51.5 Å². The first kappa shape index (κ1) is 17.1. The summed E-state index contributed by atoms with van der Waals surface area (Å²) in [5.74, 6) is 0.648. The lowest BCUT2D eigenvalue weighted by molar-refractivity contribution is 0.281. The highest BCUT2D eigenvalue weighted by atomic mass is 32.2. The van der Waals surface area contributed by atoms with E-state index in [1.54, 1.807) is 19.1 Å². The molecule has 0 amide bonds. The van der Waals surface area contributed by atoms with Gasteiger partial charge in [-0.25, -0.2) is 13.1 Å². The van der Waals surface area contributed by atoms with Crippen molar-refractivity contribution >= 4 is 10.0 Å². The van der Waals surface area contributed by atoms with Crippen LogP contribution in [-0.4, -0.2) is 20.1 Å². The Kier molecular flexibility index (Phi) is 6.65. The van der Waals surface area contributed by atoms with E-state index in [9.17, 15) is 8.42 Å². The molecule has 2 N–H and O–H groups in total. The Labute approximate surface area is 122 Å². The maximum atomic E-state index is 12.2. The molecule has 0 radical (unpaired) electrons. The molecule has 0 unspecified atom stereocenters.